The maximum Gasteiger partial charge on any atom is 0.260 e. The van der Waals surface area contributed by atoms with E-state index < -0.39 is 5.41 Å². The Bertz CT molecular complexity index is 615. The van der Waals surface area contributed by atoms with Crippen LogP contribution in [0.2, 0.25) is 0 Å². The van der Waals surface area contributed by atoms with Gasteiger partial charge in [-0.15, -0.1) is 24.7 Å². The molecule has 19 heavy (non-hydrogen) atoms. The van der Waals surface area contributed by atoms with Gasteiger partial charge in [0.15, 0.2) is 0 Å². The molecule has 0 saturated heterocycles. The molecular weight excluding hydrogens is 238 g/mol. The zero-order valence-electron chi connectivity index (χ0n) is 10.6. The first-order valence-electron chi connectivity index (χ1n) is 5.87. The molecule has 1 aromatic carbocycles. The van der Waals surface area contributed by atoms with Gasteiger partial charge in [0.05, 0.1) is 5.41 Å². The first-order chi connectivity index (χ1) is 9.08. The van der Waals surface area contributed by atoms with Crippen LogP contribution in [0, 0.1) is 24.7 Å². The van der Waals surface area contributed by atoms with Gasteiger partial charge in [0.1, 0.15) is 0 Å². The van der Waals surface area contributed by atoms with Crippen molar-refractivity contribution in [2.75, 3.05) is 7.05 Å². The van der Waals surface area contributed by atoms with Crippen molar-refractivity contribution in [2.24, 2.45) is 0 Å². The van der Waals surface area contributed by atoms with E-state index in [2.05, 4.69) is 11.8 Å². The van der Waals surface area contributed by atoms with Crippen molar-refractivity contribution in [3.8, 4) is 24.7 Å². The molecule has 1 aromatic rings. The third kappa shape index (κ3) is 1.72. The molecule has 0 radical (unpaired) electrons. The van der Waals surface area contributed by atoms with E-state index in [9.17, 15) is 9.59 Å². The van der Waals surface area contributed by atoms with Crippen molar-refractivity contribution in [1.29, 1.82) is 0 Å². The van der Waals surface area contributed by atoms with Gasteiger partial charge < -0.3 is 0 Å². The lowest BCUT2D eigenvalue weighted by molar-refractivity contribution is -0.134. The van der Waals surface area contributed by atoms with Gasteiger partial charge in [0.2, 0.25) is 5.91 Å². The van der Waals surface area contributed by atoms with Crippen LogP contribution < -0.4 is 0 Å². The molecule has 3 heteroatoms. The molecule has 0 unspecified atom stereocenters. The second kappa shape index (κ2) is 4.63. The number of carbonyl (C=O) groups excluding carboxylic acids is 2. The minimum absolute atomic E-state index is 0.185. The van der Waals surface area contributed by atoms with E-state index in [1.54, 1.807) is 24.3 Å². The molecule has 0 spiro atoms. The van der Waals surface area contributed by atoms with Crippen LogP contribution in [-0.2, 0) is 10.2 Å². The summed E-state index contributed by atoms with van der Waals surface area (Å²) in [5.74, 6) is 4.39. The van der Waals surface area contributed by atoms with Crippen LogP contribution in [0.1, 0.15) is 28.8 Å². The van der Waals surface area contributed by atoms with Crippen molar-refractivity contribution in [3.05, 3.63) is 35.4 Å². The lowest BCUT2D eigenvalue weighted by Gasteiger charge is -2.38. The summed E-state index contributed by atoms with van der Waals surface area (Å²) < 4.78 is 0. The molecule has 0 N–H and O–H groups in total. The second-order valence-electron chi connectivity index (χ2n) is 4.56. The first kappa shape index (κ1) is 12.9. The molecule has 0 aromatic heterocycles. The summed E-state index contributed by atoms with van der Waals surface area (Å²) in [5.41, 5.74) is 0.150. The Morgan fingerprint density at radius 2 is 1.74 bits per heavy atom. The van der Waals surface area contributed by atoms with Crippen LogP contribution in [-0.4, -0.2) is 23.8 Å². The largest absolute Gasteiger partial charge is 0.281 e. The predicted molar refractivity (Wildman–Crippen MR) is 72.1 cm³/mol. The second-order valence-corrected chi connectivity index (χ2v) is 4.56. The molecule has 1 aliphatic rings. The van der Waals surface area contributed by atoms with E-state index in [1.807, 2.05) is 0 Å². The summed E-state index contributed by atoms with van der Waals surface area (Å²) in [5, 5.41) is 0. The van der Waals surface area contributed by atoms with Crippen LogP contribution in [0.3, 0.4) is 0 Å². The fourth-order valence-corrected chi connectivity index (χ4v) is 2.55. The van der Waals surface area contributed by atoms with E-state index in [0.29, 0.717) is 11.1 Å². The van der Waals surface area contributed by atoms with Crippen LogP contribution in [0.25, 0.3) is 0 Å². The summed E-state index contributed by atoms with van der Waals surface area (Å²) in [7, 11) is 1.46. The van der Waals surface area contributed by atoms with E-state index in [-0.39, 0.29) is 24.7 Å². The Labute approximate surface area is 112 Å². The van der Waals surface area contributed by atoms with Crippen molar-refractivity contribution in [2.45, 2.75) is 18.3 Å². The number of benzene rings is 1. The fourth-order valence-electron chi connectivity index (χ4n) is 2.55. The summed E-state index contributed by atoms with van der Waals surface area (Å²) in [6, 6.07) is 7.00. The lowest BCUT2D eigenvalue weighted by Crippen LogP contribution is -2.52. The maximum atomic E-state index is 12.5. The Morgan fingerprint density at radius 3 is 2.32 bits per heavy atom. The van der Waals surface area contributed by atoms with Crippen molar-refractivity contribution >= 4 is 11.8 Å². The quantitative estimate of drug-likeness (QED) is 0.591. The highest BCUT2D eigenvalue weighted by atomic mass is 16.2. The molecule has 1 aliphatic heterocycles. The van der Waals surface area contributed by atoms with Gasteiger partial charge in [0, 0.05) is 25.5 Å². The van der Waals surface area contributed by atoms with E-state index in [4.69, 9.17) is 12.8 Å². The topological polar surface area (TPSA) is 37.4 Å². The fraction of sp³-hybridized carbons (Fsp3) is 0.250. The normalized spacial score (nSPS) is 16.5. The minimum atomic E-state index is -0.983. The smallest absolute Gasteiger partial charge is 0.260 e. The van der Waals surface area contributed by atoms with E-state index in [0.717, 1.165) is 4.90 Å². The maximum absolute atomic E-state index is 12.5. The number of nitrogens with zero attached hydrogens (tertiary/aromatic N) is 1. The molecule has 0 aliphatic carbocycles. The van der Waals surface area contributed by atoms with E-state index in [1.165, 1.54) is 7.05 Å². The summed E-state index contributed by atoms with van der Waals surface area (Å²) in [6.07, 6.45) is 11.2. The summed E-state index contributed by atoms with van der Waals surface area (Å²) in [4.78, 5) is 25.7. The SMILES string of the molecule is C#CCC1(CC#C)C(=O)N(C)C(=O)c2ccccc21. The van der Waals surface area contributed by atoms with Gasteiger partial charge in [-0.3, -0.25) is 14.5 Å². The van der Waals surface area contributed by atoms with Gasteiger partial charge in [-0.05, 0) is 11.6 Å². The highest BCUT2D eigenvalue weighted by molar-refractivity contribution is 6.13. The third-order valence-electron chi connectivity index (χ3n) is 3.50. The zero-order valence-corrected chi connectivity index (χ0v) is 10.6. The van der Waals surface area contributed by atoms with Crippen LogP contribution in [0.5, 0.6) is 0 Å². The first-order valence-corrected chi connectivity index (χ1v) is 5.87. The highest BCUT2D eigenvalue weighted by Crippen LogP contribution is 2.39. The minimum Gasteiger partial charge on any atom is -0.281 e. The number of imide groups is 1. The highest BCUT2D eigenvalue weighted by Gasteiger charge is 2.48. The van der Waals surface area contributed by atoms with Crippen LogP contribution in [0.4, 0.5) is 0 Å². The molecule has 3 nitrogen and oxygen atoms in total. The van der Waals surface area contributed by atoms with Gasteiger partial charge in [-0.2, -0.15) is 0 Å². The molecule has 2 rings (SSSR count). The molecule has 0 saturated carbocycles. The number of carbonyl (C=O) groups is 2. The third-order valence-corrected chi connectivity index (χ3v) is 3.50. The molecule has 0 atom stereocenters. The van der Waals surface area contributed by atoms with Crippen molar-refractivity contribution in [3.63, 3.8) is 0 Å². The molecule has 94 valence electrons. The predicted octanol–water partition coefficient (Wildman–Crippen LogP) is 1.58. The summed E-state index contributed by atoms with van der Waals surface area (Å²) in [6.45, 7) is 0. The Balaban J connectivity index is 2.75. The number of terminal acetylenes is 2. The number of rotatable bonds is 2. The average molecular weight is 251 g/mol. The average Bonchev–Trinajstić information content (AvgIpc) is 2.43. The van der Waals surface area contributed by atoms with Gasteiger partial charge in [-0.1, -0.05) is 18.2 Å². The number of likely N-dealkylation sites (N-methyl/N-ethyl adjacent to an activating group) is 1. The molecule has 0 fully saturated rings. The molecule has 1 heterocycles. The molecule has 2 amide bonds. The molecule has 0 bridgehead atoms. The Kier molecular flexibility index (Phi) is 3.15. The van der Waals surface area contributed by atoms with Crippen LogP contribution in [0.15, 0.2) is 24.3 Å². The van der Waals surface area contributed by atoms with Crippen molar-refractivity contribution in [1.82, 2.24) is 4.90 Å². The Morgan fingerprint density at radius 1 is 1.16 bits per heavy atom. The number of fused-ring (bicyclic) bond motifs is 1. The monoisotopic (exact) mass is 251 g/mol. The van der Waals surface area contributed by atoms with Crippen molar-refractivity contribution < 1.29 is 9.59 Å². The standard InChI is InChI=1S/C16H13NO2/c1-4-10-16(11-5-2)13-9-7-6-8-12(13)14(18)17(3)15(16)19/h1-2,6-9H,10-11H2,3H3. The zero-order chi connectivity index (χ0) is 14.0. The van der Waals surface area contributed by atoms with Gasteiger partial charge in [-0.25, -0.2) is 0 Å². The number of amides is 2. The number of hydrogen-bond donors (Lipinski definition) is 0. The number of hydrogen-bond acceptors (Lipinski definition) is 2. The molecular formula is C16H13NO2. The van der Waals surface area contributed by atoms with Gasteiger partial charge in [0.25, 0.3) is 5.91 Å². The van der Waals surface area contributed by atoms with Gasteiger partial charge >= 0.3 is 0 Å². The lowest BCUT2D eigenvalue weighted by atomic mass is 9.70. The van der Waals surface area contributed by atoms with E-state index >= 15 is 0 Å². The Hall–Kier alpha value is -2.52. The van der Waals surface area contributed by atoms with Crippen LogP contribution >= 0.6 is 0 Å². The summed E-state index contributed by atoms with van der Waals surface area (Å²) >= 11 is 0.